The van der Waals surface area contributed by atoms with Crippen LogP contribution in [0.15, 0.2) is 57.9 Å². The molecule has 0 fully saturated rings. The van der Waals surface area contributed by atoms with Crippen molar-refractivity contribution in [3.05, 3.63) is 53.0 Å². The zero-order chi connectivity index (χ0) is 13.7. The van der Waals surface area contributed by atoms with Crippen molar-refractivity contribution in [2.75, 3.05) is 18.1 Å². The van der Waals surface area contributed by atoms with Crippen molar-refractivity contribution in [2.24, 2.45) is 0 Å². The van der Waals surface area contributed by atoms with Crippen LogP contribution in [0.25, 0.3) is 0 Å². The second kappa shape index (κ2) is 6.73. The maximum atomic E-state index is 12.0. The highest BCUT2D eigenvalue weighted by atomic mass is 79.9. The molecule has 1 atom stereocenters. The van der Waals surface area contributed by atoms with E-state index in [0.29, 0.717) is 18.0 Å². The number of hydrogen-bond acceptors (Lipinski definition) is 3. The molecule has 2 aromatic carbocycles. The van der Waals surface area contributed by atoms with Crippen molar-refractivity contribution >= 4 is 32.4 Å². The fourth-order valence-electron chi connectivity index (χ4n) is 1.53. The molecule has 2 aromatic rings. The second-order valence-corrected chi connectivity index (χ2v) is 6.41. The van der Waals surface area contributed by atoms with E-state index in [9.17, 15) is 4.21 Å². The summed E-state index contributed by atoms with van der Waals surface area (Å²) in [5.41, 5.74) is 6.26. The average molecular weight is 340 g/mol. The van der Waals surface area contributed by atoms with Crippen LogP contribution in [0.2, 0.25) is 0 Å². The number of nitrogen functional groups attached to an aromatic ring is 1. The Kier molecular flexibility index (Phi) is 4.99. The predicted octanol–water partition coefficient (Wildman–Crippen LogP) is 3.22. The molecule has 0 aliphatic carbocycles. The summed E-state index contributed by atoms with van der Waals surface area (Å²) in [6, 6.07) is 14.7. The molecule has 0 heterocycles. The summed E-state index contributed by atoms with van der Waals surface area (Å²) < 4.78 is 18.5. The Morgan fingerprint density at radius 1 is 1.16 bits per heavy atom. The van der Waals surface area contributed by atoms with Crippen molar-refractivity contribution < 1.29 is 8.95 Å². The molecule has 0 saturated heterocycles. The van der Waals surface area contributed by atoms with Gasteiger partial charge in [0.1, 0.15) is 12.4 Å². The highest BCUT2D eigenvalue weighted by Gasteiger charge is 2.04. The SMILES string of the molecule is Nc1ccc(S(=O)CCOc2cccc(Br)c2)cc1. The van der Waals surface area contributed by atoms with Crippen molar-refractivity contribution in [1.82, 2.24) is 0 Å². The summed E-state index contributed by atoms with van der Waals surface area (Å²) >= 11 is 3.37. The quantitative estimate of drug-likeness (QED) is 0.851. The molecule has 2 rings (SSSR count). The molecule has 0 saturated carbocycles. The van der Waals surface area contributed by atoms with Crippen LogP contribution in [0.1, 0.15) is 0 Å². The molecule has 0 aliphatic rings. The van der Waals surface area contributed by atoms with Crippen LogP contribution >= 0.6 is 15.9 Å². The standard InChI is InChI=1S/C14H14BrNO2S/c15-11-2-1-3-13(10-11)18-8-9-19(17)14-6-4-12(16)5-7-14/h1-7,10H,8-9,16H2. The van der Waals surface area contributed by atoms with Gasteiger partial charge in [-0.05, 0) is 42.5 Å². The maximum Gasteiger partial charge on any atom is 0.120 e. The number of ether oxygens (including phenoxy) is 1. The Morgan fingerprint density at radius 3 is 2.58 bits per heavy atom. The normalized spacial score (nSPS) is 12.1. The molecule has 100 valence electrons. The van der Waals surface area contributed by atoms with E-state index >= 15 is 0 Å². The minimum absolute atomic E-state index is 0.410. The lowest BCUT2D eigenvalue weighted by molar-refractivity contribution is 0.342. The molecule has 0 aliphatic heterocycles. The summed E-state index contributed by atoms with van der Waals surface area (Å²) in [5.74, 6) is 1.22. The van der Waals surface area contributed by atoms with Gasteiger partial charge in [0.25, 0.3) is 0 Å². The molecule has 0 amide bonds. The van der Waals surface area contributed by atoms with Gasteiger partial charge in [0.05, 0.1) is 16.6 Å². The molecule has 0 aromatic heterocycles. The van der Waals surface area contributed by atoms with Gasteiger partial charge in [0, 0.05) is 15.1 Å². The second-order valence-electron chi connectivity index (χ2n) is 3.92. The van der Waals surface area contributed by atoms with E-state index in [1.165, 1.54) is 0 Å². The Hall–Kier alpha value is -1.33. The Labute approximate surface area is 123 Å². The summed E-state index contributed by atoms with van der Waals surface area (Å²) in [6.07, 6.45) is 0. The summed E-state index contributed by atoms with van der Waals surface area (Å²) in [6.45, 7) is 0.410. The number of anilines is 1. The van der Waals surface area contributed by atoms with Crippen LogP contribution in [-0.4, -0.2) is 16.6 Å². The van der Waals surface area contributed by atoms with Gasteiger partial charge in [0.2, 0.25) is 0 Å². The minimum Gasteiger partial charge on any atom is -0.493 e. The number of nitrogens with two attached hydrogens (primary N) is 1. The van der Waals surface area contributed by atoms with E-state index in [-0.39, 0.29) is 0 Å². The molecule has 1 unspecified atom stereocenters. The van der Waals surface area contributed by atoms with E-state index in [0.717, 1.165) is 15.1 Å². The highest BCUT2D eigenvalue weighted by Crippen LogP contribution is 2.18. The van der Waals surface area contributed by atoms with E-state index in [1.54, 1.807) is 24.3 Å². The zero-order valence-corrected chi connectivity index (χ0v) is 12.6. The third-order valence-electron chi connectivity index (χ3n) is 2.48. The van der Waals surface area contributed by atoms with Crippen LogP contribution in [0.3, 0.4) is 0 Å². The number of hydrogen-bond donors (Lipinski definition) is 1. The van der Waals surface area contributed by atoms with Gasteiger partial charge < -0.3 is 10.5 Å². The van der Waals surface area contributed by atoms with E-state index in [2.05, 4.69) is 15.9 Å². The van der Waals surface area contributed by atoms with Crippen molar-refractivity contribution in [3.63, 3.8) is 0 Å². The summed E-state index contributed by atoms with van der Waals surface area (Å²) in [5, 5.41) is 0. The van der Waals surface area contributed by atoms with E-state index in [4.69, 9.17) is 10.5 Å². The van der Waals surface area contributed by atoms with Crippen LogP contribution in [0.5, 0.6) is 5.75 Å². The van der Waals surface area contributed by atoms with Crippen LogP contribution < -0.4 is 10.5 Å². The Morgan fingerprint density at radius 2 is 1.89 bits per heavy atom. The smallest absolute Gasteiger partial charge is 0.120 e. The first kappa shape index (κ1) is 14.1. The lowest BCUT2D eigenvalue weighted by Crippen LogP contribution is -2.08. The molecule has 0 radical (unpaired) electrons. The van der Waals surface area contributed by atoms with Crippen LogP contribution in [0, 0.1) is 0 Å². The molecular formula is C14H14BrNO2S. The van der Waals surface area contributed by atoms with Gasteiger partial charge in [-0.3, -0.25) is 4.21 Å². The molecule has 3 nitrogen and oxygen atoms in total. The van der Waals surface area contributed by atoms with Gasteiger partial charge in [-0.2, -0.15) is 0 Å². The third kappa shape index (κ3) is 4.36. The first-order valence-corrected chi connectivity index (χ1v) is 7.88. The van der Waals surface area contributed by atoms with E-state index in [1.807, 2.05) is 24.3 Å². The average Bonchev–Trinajstić information content (AvgIpc) is 2.39. The fraction of sp³-hybridized carbons (Fsp3) is 0.143. The zero-order valence-electron chi connectivity index (χ0n) is 10.2. The minimum atomic E-state index is -1.06. The Bertz CT molecular complexity index is 572. The van der Waals surface area contributed by atoms with Gasteiger partial charge in [-0.1, -0.05) is 22.0 Å². The number of halogens is 1. The van der Waals surface area contributed by atoms with Crippen molar-refractivity contribution in [1.29, 1.82) is 0 Å². The third-order valence-corrected chi connectivity index (χ3v) is 4.31. The molecule has 5 heteroatoms. The van der Waals surface area contributed by atoms with Crippen LogP contribution in [0.4, 0.5) is 5.69 Å². The lowest BCUT2D eigenvalue weighted by Gasteiger charge is -2.06. The predicted molar refractivity (Wildman–Crippen MR) is 81.8 cm³/mol. The largest absolute Gasteiger partial charge is 0.493 e. The van der Waals surface area contributed by atoms with Crippen LogP contribution in [-0.2, 0) is 10.8 Å². The highest BCUT2D eigenvalue weighted by molar-refractivity contribution is 9.10. The number of rotatable bonds is 5. The fourth-order valence-corrected chi connectivity index (χ4v) is 2.82. The van der Waals surface area contributed by atoms with Crippen molar-refractivity contribution in [3.8, 4) is 5.75 Å². The topological polar surface area (TPSA) is 52.3 Å². The maximum absolute atomic E-state index is 12.0. The molecule has 0 spiro atoms. The summed E-state index contributed by atoms with van der Waals surface area (Å²) in [7, 11) is -1.06. The molecule has 2 N–H and O–H groups in total. The molecular weight excluding hydrogens is 326 g/mol. The van der Waals surface area contributed by atoms with Crippen molar-refractivity contribution in [2.45, 2.75) is 4.90 Å². The summed E-state index contributed by atoms with van der Waals surface area (Å²) in [4.78, 5) is 0.770. The first-order valence-electron chi connectivity index (χ1n) is 5.77. The number of benzene rings is 2. The Balaban J connectivity index is 1.86. The van der Waals surface area contributed by atoms with Gasteiger partial charge in [-0.25, -0.2) is 0 Å². The monoisotopic (exact) mass is 339 g/mol. The van der Waals surface area contributed by atoms with Gasteiger partial charge in [0.15, 0.2) is 0 Å². The van der Waals surface area contributed by atoms with Gasteiger partial charge >= 0.3 is 0 Å². The lowest BCUT2D eigenvalue weighted by atomic mass is 10.3. The molecule has 0 bridgehead atoms. The van der Waals surface area contributed by atoms with Gasteiger partial charge in [-0.15, -0.1) is 0 Å². The van der Waals surface area contributed by atoms with E-state index < -0.39 is 10.8 Å². The first-order chi connectivity index (χ1) is 9.15. The molecule has 19 heavy (non-hydrogen) atoms.